The molecule has 104 valence electrons. The molecule has 1 amide bonds. The van der Waals surface area contributed by atoms with E-state index in [2.05, 4.69) is 5.32 Å². The molecule has 0 aliphatic heterocycles. The Labute approximate surface area is 114 Å². The molecule has 0 aliphatic rings. The quantitative estimate of drug-likeness (QED) is 0.874. The van der Waals surface area contributed by atoms with Crippen LogP contribution in [0.4, 0.5) is 18.9 Å². The van der Waals surface area contributed by atoms with Gasteiger partial charge >= 0.3 is 6.18 Å². The maximum Gasteiger partial charge on any atom is 0.416 e. The first-order valence-electron chi connectivity index (χ1n) is 5.92. The molecule has 1 N–H and O–H groups in total. The fourth-order valence-corrected chi connectivity index (χ4v) is 1.77. The number of rotatable bonds is 2. The minimum Gasteiger partial charge on any atom is -0.322 e. The lowest BCUT2D eigenvalue weighted by Crippen LogP contribution is -2.13. The van der Waals surface area contributed by atoms with E-state index < -0.39 is 11.7 Å². The molecule has 0 atom stereocenters. The summed E-state index contributed by atoms with van der Waals surface area (Å²) in [4.78, 5) is 12.0. The minimum absolute atomic E-state index is 0.325. The Bertz CT molecular complexity index is 618. The smallest absolute Gasteiger partial charge is 0.322 e. The van der Waals surface area contributed by atoms with Gasteiger partial charge in [-0.15, -0.1) is 0 Å². The van der Waals surface area contributed by atoms with Crippen LogP contribution in [0.3, 0.4) is 0 Å². The molecule has 0 spiro atoms. The number of aryl methyl sites for hydroxylation is 1. The van der Waals surface area contributed by atoms with Gasteiger partial charge in [0, 0.05) is 11.3 Å². The summed E-state index contributed by atoms with van der Waals surface area (Å²) in [5.74, 6) is -0.345. The molecular formula is C15H12F3NO. The van der Waals surface area contributed by atoms with Crippen molar-refractivity contribution in [3.8, 4) is 0 Å². The van der Waals surface area contributed by atoms with Crippen molar-refractivity contribution >= 4 is 11.6 Å². The van der Waals surface area contributed by atoms with Crippen molar-refractivity contribution in [3.05, 3.63) is 65.2 Å². The molecule has 5 heteroatoms. The zero-order chi connectivity index (χ0) is 14.8. The van der Waals surface area contributed by atoms with Crippen molar-refractivity contribution in [2.24, 2.45) is 0 Å². The summed E-state index contributed by atoms with van der Waals surface area (Å²) in [7, 11) is 0. The van der Waals surface area contributed by atoms with Crippen LogP contribution in [0.5, 0.6) is 0 Å². The molecular weight excluding hydrogens is 267 g/mol. The number of halogens is 3. The normalized spacial score (nSPS) is 11.2. The van der Waals surface area contributed by atoms with Crippen molar-refractivity contribution in [2.75, 3.05) is 5.32 Å². The summed E-state index contributed by atoms with van der Waals surface area (Å²) in [5.41, 5.74) is 0.877. The van der Waals surface area contributed by atoms with Gasteiger partial charge in [-0.05, 0) is 42.8 Å². The van der Waals surface area contributed by atoms with Gasteiger partial charge < -0.3 is 5.32 Å². The summed E-state index contributed by atoms with van der Waals surface area (Å²) < 4.78 is 37.2. The van der Waals surface area contributed by atoms with Gasteiger partial charge in [0.2, 0.25) is 0 Å². The van der Waals surface area contributed by atoms with Crippen molar-refractivity contribution < 1.29 is 18.0 Å². The molecule has 2 aromatic carbocycles. The Morgan fingerprint density at radius 2 is 1.60 bits per heavy atom. The number of hydrogen-bond acceptors (Lipinski definition) is 1. The summed E-state index contributed by atoms with van der Waals surface area (Å²) >= 11 is 0. The van der Waals surface area contributed by atoms with Gasteiger partial charge in [-0.3, -0.25) is 4.79 Å². The van der Waals surface area contributed by atoms with Crippen molar-refractivity contribution in [1.29, 1.82) is 0 Å². The highest BCUT2D eigenvalue weighted by Crippen LogP contribution is 2.29. The van der Waals surface area contributed by atoms with Crippen LogP contribution >= 0.6 is 0 Å². The van der Waals surface area contributed by atoms with E-state index in [4.69, 9.17) is 0 Å². The van der Waals surface area contributed by atoms with E-state index in [0.29, 0.717) is 11.3 Å². The van der Waals surface area contributed by atoms with Crippen molar-refractivity contribution in [3.63, 3.8) is 0 Å². The highest BCUT2D eigenvalue weighted by molar-refractivity contribution is 6.05. The zero-order valence-corrected chi connectivity index (χ0v) is 10.7. The largest absolute Gasteiger partial charge is 0.416 e. The van der Waals surface area contributed by atoms with Crippen LogP contribution in [0, 0.1) is 6.92 Å². The van der Waals surface area contributed by atoms with Crippen LogP contribution < -0.4 is 5.32 Å². The summed E-state index contributed by atoms with van der Waals surface area (Å²) in [6, 6.07) is 11.3. The number of benzene rings is 2. The number of hydrogen-bond donors (Lipinski definition) is 1. The van der Waals surface area contributed by atoms with Crippen LogP contribution in [0.25, 0.3) is 0 Å². The third kappa shape index (κ3) is 3.17. The fraction of sp³-hybridized carbons (Fsp3) is 0.133. The van der Waals surface area contributed by atoms with Gasteiger partial charge in [0.15, 0.2) is 0 Å². The fourth-order valence-electron chi connectivity index (χ4n) is 1.77. The minimum atomic E-state index is -4.38. The second kappa shape index (κ2) is 5.36. The van der Waals surface area contributed by atoms with E-state index in [0.717, 1.165) is 17.7 Å². The Hall–Kier alpha value is -2.30. The number of nitrogens with one attached hydrogen (secondary N) is 1. The molecule has 0 saturated carbocycles. The van der Waals surface area contributed by atoms with E-state index in [1.54, 1.807) is 25.1 Å². The van der Waals surface area contributed by atoms with Crippen LogP contribution in [-0.4, -0.2) is 5.91 Å². The monoisotopic (exact) mass is 279 g/mol. The number of carbonyl (C=O) groups excluding carboxylic acids is 1. The maximum absolute atomic E-state index is 12.4. The lowest BCUT2D eigenvalue weighted by atomic mass is 10.1. The highest BCUT2D eigenvalue weighted by Gasteiger charge is 2.29. The number of carbonyl (C=O) groups is 1. The Morgan fingerprint density at radius 1 is 1.00 bits per heavy atom. The highest BCUT2D eigenvalue weighted by atomic mass is 19.4. The lowest BCUT2D eigenvalue weighted by Gasteiger charge is -2.09. The summed E-state index contributed by atoms with van der Waals surface area (Å²) in [6.45, 7) is 1.79. The predicted octanol–water partition coefficient (Wildman–Crippen LogP) is 4.27. The first-order valence-corrected chi connectivity index (χ1v) is 5.92. The predicted molar refractivity (Wildman–Crippen MR) is 70.6 cm³/mol. The van der Waals surface area contributed by atoms with Gasteiger partial charge in [0.1, 0.15) is 0 Å². The molecule has 0 radical (unpaired) electrons. The van der Waals surface area contributed by atoms with Gasteiger partial charge in [0.25, 0.3) is 5.91 Å². The molecule has 20 heavy (non-hydrogen) atoms. The average molecular weight is 279 g/mol. The van der Waals surface area contributed by atoms with Gasteiger partial charge in [-0.2, -0.15) is 13.2 Å². The number of alkyl halides is 3. The van der Waals surface area contributed by atoms with Crippen molar-refractivity contribution in [1.82, 2.24) is 0 Å². The SMILES string of the molecule is Cc1ccccc1C(=O)Nc1ccc(C(F)(F)F)cc1. The molecule has 0 aromatic heterocycles. The van der Waals surface area contributed by atoms with Crippen LogP contribution in [0.2, 0.25) is 0 Å². The molecule has 0 heterocycles. The van der Waals surface area contributed by atoms with Crippen molar-refractivity contribution in [2.45, 2.75) is 13.1 Å². The second-order valence-electron chi connectivity index (χ2n) is 4.34. The first-order chi connectivity index (χ1) is 9.38. The van der Waals surface area contributed by atoms with Gasteiger partial charge in [0.05, 0.1) is 5.56 Å². The maximum atomic E-state index is 12.4. The van der Waals surface area contributed by atoms with E-state index >= 15 is 0 Å². The van der Waals surface area contributed by atoms with E-state index in [1.165, 1.54) is 12.1 Å². The molecule has 0 fully saturated rings. The number of anilines is 1. The molecule has 0 aliphatic carbocycles. The number of amides is 1. The second-order valence-corrected chi connectivity index (χ2v) is 4.34. The van der Waals surface area contributed by atoms with Crippen LogP contribution in [0.15, 0.2) is 48.5 Å². The molecule has 0 bridgehead atoms. The molecule has 2 aromatic rings. The van der Waals surface area contributed by atoms with E-state index in [1.807, 2.05) is 6.07 Å². The summed E-state index contributed by atoms with van der Waals surface area (Å²) in [5, 5.41) is 2.57. The Balaban J connectivity index is 2.15. The van der Waals surface area contributed by atoms with E-state index in [9.17, 15) is 18.0 Å². The topological polar surface area (TPSA) is 29.1 Å². The van der Waals surface area contributed by atoms with Gasteiger partial charge in [-0.25, -0.2) is 0 Å². The summed E-state index contributed by atoms with van der Waals surface area (Å²) in [6.07, 6.45) is -4.38. The first kappa shape index (κ1) is 14.1. The average Bonchev–Trinajstić information content (AvgIpc) is 2.38. The Morgan fingerprint density at radius 3 is 2.15 bits per heavy atom. The standard InChI is InChI=1S/C15H12F3NO/c1-10-4-2-3-5-13(10)14(20)19-12-8-6-11(7-9-12)15(16,17)18/h2-9H,1H3,(H,19,20). The zero-order valence-electron chi connectivity index (χ0n) is 10.7. The molecule has 2 rings (SSSR count). The van der Waals surface area contributed by atoms with Crippen LogP contribution in [-0.2, 0) is 6.18 Å². The third-order valence-electron chi connectivity index (χ3n) is 2.86. The third-order valence-corrected chi connectivity index (χ3v) is 2.86. The molecule has 0 unspecified atom stereocenters. The van der Waals surface area contributed by atoms with Crippen LogP contribution in [0.1, 0.15) is 21.5 Å². The molecule has 2 nitrogen and oxygen atoms in total. The lowest BCUT2D eigenvalue weighted by molar-refractivity contribution is -0.137. The Kier molecular flexibility index (Phi) is 3.79. The van der Waals surface area contributed by atoms with Gasteiger partial charge in [-0.1, -0.05) is 18.2 Å². The molecule has 0 saturated heterocycles. The van der Waals surface area contributed by atoms with E-state index in [-0.39, 0.29) is 5.91 Å².